The van der Waals surface area contributed by atoms with Crippen LogP contribution in [0.2, 0.25) is 0 Å². The van der Waals surface area contributed by atoms with E-state index in [0.29, 0.717) is 56.8 Å². The zero-order valence-electron chi connectivity index (χ0n) is 17.1. The molecule has 0 aliphatic carbocycles. The number of nitrogens with zero attached hydrogens (tertiary/aromatic N) is 3. The lowest BCUT2D eigenvalue weighted by molar-refractivity contribution is 0.0610. The molecule has 3 amide bonds. The lowest BCUT2D eigenvalue weighted by atomic mass is 10.2. The minimum Gasteiger partial charge on any atom is -0.467 e. The van der Waals surface area contributed by atoms with E-state index in [0.717, 1.165) is 0 Å². The van der Waals surface area contributed by atoms with Crippen molar-refractivity contribution in [2.45, 2.75) is 26.8 Å². The quantitative estimate of drug-likeness (QED) is 0.761. The number of piperazine rings is 1. The van der Waals surface area contributed by atoms with Gasteiger partial charge >= 0.3 is 6.03 Å². The molecule has 158 valence electrons. The Bertz CT molecular complexity index is 794. The summed E-state index contributed by atoms with van der Waals surface area (Å²) < 4.78 is 16.2. The van der Waals surface area contributed by atoms with Gasteiger partial charge in [-0.15, -0.1) is 0 Å². The number of hydrogen-bond donors (Lipinski definition) is 1. The van der Waals surface area contributed by atoms with Crippen LogP contribution in [-0.2, 0) is 4.74 Å². The molecule has 0 saturated carbocycles. The lowest BCUT2D eigenvalue weighted by Crippen LogP contribution is -2.53. The predicted molar refractivity (Wildman–Crippen MR) is 104 cm³/mol. The fourth-order valence-corrected chi connectivity index (χ4v) is 3.08. The molecular formula is C20H28N4O5. The second-order valence-electron chi connectivity index (χ2n) is 7.56. The summed E-state index contributed by atoms with van der Waals surface area (Å²) in [5, 5.41) is 6.73. The van der Waals surface area contributed by atoms with Crippen LogP contribution in [0.4, 0.5) is 4.79 Å². The van der Waals surface area contributed by atoms with Gasteiger partial charge in [-0.25, -0.2) is 4.79 Å². The van der Waals surface area contributed by atoms with Crippen LogP contribution in [0, 0.1) is 12.8 Å². The van der Waals surface area contributed by atoms with Crippen LogP contribution in [0.3, 0.4) is 0 Å². The van der Waals surface area contributed by atoms with Crippen LogP contribution in [0.15, 0.2) is 33.4 Å². The number of aryl methyl sites for hydroxylation is 1. The highest BCUT2D eigenvalue weighted by Crippen LogP contribution is 2.16. The first-order valence-electron chi connectivity index (χ1n) is 9.83. The van der Waals surface area contributed by atoms with Crippen molar-refractivity contribution in [1.82, 2.24) is 20.3 Å². The number of rotatable bonds is 7. The van der Waals surface area contributed by atoms with Crippen molar-refractivity contribution >= 4 is 11.9 Å². The van der Waals surface area contributed by atoms with Gasteiger partial charge in [-0.05, 0) is 25.0 Å². The van der Waals surface area contributed by atoms with Crippen molar-refractivity contribution < 1.29 is 23.3 Å². The summed E-state index contributed by atoms with van der Waals surface area (Å²) in [5.74, 6) is 1.07. The summed E-state index contributed by atoms with van der Waals surface area (Å²) in [6.07, 6.45) is 1.58. The average Bonchev–Trinajstić information content (AvgIpc) is 3.38. The number of aromatic nitrogens is 1. The molecule has 2 aromatic rings. The number of carbonyl (C=O) groups is 2. The van der Waals surface area contributed by atoms with E-state index < -0.39 is 0 Å². The highest BCUT2D eigenvalue weighted by atomic mass is 16.5. The molecule has 9 heteroatoms. The van der Waals surface area contributed by atoms with Crippen LogP contribution in [0.1, 0.15) is 41.9 Å². The molecule has 0 radical (unpaired) electrons. The maximum atomic E-state index is 12.7. The Balaban J connectivity index is 1.52. The Hall–Kier alpha value is -2.81. The van der Waals surface area contributed by atoms with Gasteiger partial charge < -0.3 is 28.8 Å². The summed E-state index contributed by atoms with van der Waals surface area (Å²) in [6, 6.07) is 4.65. The van der Waals surface area contributed by atoms with E-state index in [1.165, 1.54) is 0 Å². The molecule has 1 N–H and O–H groups in total. The number of hydrogen-bond acceptors (Lipinski definition) is 6. The fraction of sp³-hybridized carbons (Fsp3) is 0.550. The van der Waals surface area contributed by atoms with Gasteiger partial charge in [-0.3, -0.25) is 4.79 Å². The van der Waals surface area contributed by atoms with E-state index in [4.69, 9.17) is 13.7 Å². The number of carbonyl (C=O) groups excluding carboxylic acids is 2. The van der Waals surface area contributed by atoms with Crippen LogP contribution < -0.4 is 5.32 Å². The van der Waals surface area contributed by atoms with Gasteiger partial charge in [-0.2, -0.15) is 0 Å². The first-order valence-corrected chi connectivity index (χ1v) is 9.83. The molecule has 0 spiro atoms. The summed E-state index contributed by atoms with van der Waals surface area (Å²) in [4.78, 5) is 28.5. The van der Waals surface area contributed by atoms with Crippen molar-refractivity contribution in [3.8, 4) is 0 Å². The molecule has 0 aromatic carbocycles. The molecule has 2 aromatic heterocycles. The average molecular weight is 404 g/mol. The van der Waals surface area contributed by atoms with Crippen LogP contribution >= 0.6 is 0 Å². The molecule has 29 heavy (non-hydrogen) atoms. The molecule has 0 bridgehead atoms. The van der Waals surface area contributed by atoms with Gasteiger partial charge in [0.25, 0.3) is 5.91 Å². The molecule has 1 saturated heterocycles. The highest BCUT2D eigenvalue weighted by molar-refractivity contribution is 5.91. The summed E-state index contributed by atoms with van der Waals surface area (Å²) in [6.45, 7) is 8.58. The molecule has 1 aliphatic heterocycles. The Morgan fingerprint density at radius 1 is 1.21 bits per heavy atom. The largest absolute Gasteiger partial charge is 0.467 e. The standard InChI is InChI=1S/C20H28N4O5/c1-14(2)12-27-13-16(17-5-4-10-28-17)21-20(26)24-8-6-23(7-9-24)19(25)18-11-15(3)22-29-18/h4-5,10-11,14,16H,6-9,12-13H2,1-3H3,(H,21,26). The zero-order valence-corrected chi connectivity index (χ0v) is 17.1. The third-order valence-corrected chi connectivity index (χ3v) is 4.61. The van der Waals surface area contributed by atoms with Crippen LogP contribution in [0.5, 0.6) is 0 Å². The summed E-state index contributed by atoms with van der Waals surface area (Å²) >= 11 is 0. The molecule has 3 heterocycles. The molecular weight excluding hydrogens is 376 g/mol. The molecule has 3 rings (SSSR count). The summed E-state index contributed by atoms with van der Waals surface area (Å²) in [5.41, 5.74) is 0.662. The number of furan rings is 1. The number of amides is 3. The lowest BCUT2D eigenvalue weighted by Gasteiger charge is -2.35. The Labute approximate surface area is 169 Å². The Kier molecular flexibility index (Phi) is 6.92. The van der Waals surface area contributed by atoms with E-state index >= 15 is 0 Å². The van der Waals surface area contributed by atoms with E-state index in [9.17, 15) is 9.59 Å². The number of nitrogens with one attached hydrogen (secondary N) is 1. The second kappa shape index (κ2) is 9.60. The van der Waals surface area contributed by atoms with Gasteiger partial charge in [0.1, 0.15) is 11.8 Å². The third kappa shape index (κ3) is 5.60. The van der Waals surface area contributed by atoms with Gasteiger partial charge in [0, 0.05) is 38.9 Å². The maximum Gasteiger partial charge on any atom is 0.318 e. The van der Waals surface area contributed by atoms with Gasteiger partial charge in [-0.1, -0.05) is 19.0 Å². The normalized spacial score (nSPS) is 15.6. The monoisotopic (exact) mass is 404 g/mol. The Morgan fingerprint density at radius 3 is 2.52 bits per heavy atom. The van der Waals surface area contributed by atoms with E-state index in [-0.39, 0.29) is 23.7 Å². The van der Waals surface area contributed by atoms with Crippen LogP contribution in [-0.4, -0.2) is 66.3 Å². The van der Waals surface area contributed by atoms with E-state index in [1.54, 1.807) is 35.1 Å². The van der Waals surface area contributed by atoms with Crippen molar-refractivity contribution in [2.24, 2.45) is 5.92 Å². The molecule has 9 nitrogen and oxygen atoms in total. The first kappa shape index (κ1) is 20.9. The zero-order chi connectivity index (χ0) is 20.8. The van der Waals surface area contributed by atoms with Gasteiger partial charge in [0.15, 0.2) is 0 Å². The second-order valence-corrected chi connectivity index (χ2v) is 7.56. The van der Waals surface area contributed by atoms with Crippen molar-refractivity contribution in [1.29, 1.82) is 0 Å². The number of ether oxygens (including phenoxy) is 1. The summed E-state index contributed by atoms with van der Waals surface area (Å²) in [7, 11) is 0. The SMILES string of the molecule is Cc1cc(C(=O)N2CCN(C(=O)NC(COCC(C)C)c3ccco3)CC2)on1. The third-order valence-electron chi connectivity index (χ3n) is 4.61. The van der Waals surface area contributed by atoms with Crippen LogP contribution in [0.25, 0.3) is 0 Å². The Morgan fingerprint density at radius 2 is 1.93 bits per heavy atom. The van der Waals surface area contributed by atoms with Crippen molar-refractivity contribution in [2.75, 3.05) is 39.4 Å². The maximum absolute atomic E-state index is 12.7. The predicted octanol–water partition coefficient (Wildman–Crippen LogP) is 2.46. The van der Waals surface area contributed by atoms with E-state index in [2.05, 4.69) is 24.3 Å². The first-order chi connectivity index (χ1) is 13.9. The minimum absolute atomic E-state index is 0.206. The molecule has 1 unspecified atom stereocenters. The number of urea groups is 1. The highest BCUT2D eigenvalue weighted by Gasteiger charge is 2.28. The minimum atomic E-state index is -0.368. The van der Waals surface area contributed by atoms with Gasteiger partial charge in [0.05, 0.1) is 18.6 Å². The fourth-order valence-electron chi connectivity index (χ4n) is 3.08. The van der Waals surface area contributed by atoms with E-state index in [1.807, 2.05) is 6.07 Å². The smallest absolute Gasteiger partial charge is 0.318 e. The van der Waals surface area contributed by atoms with Crippen molar-refractivity contribution in [3.05, 3.63) is 41.7 Å². The molecule has 1 aliphatic rings. The molecule has 1 atom stereocenters. The van der Waals surface area contributed by atoms with Crippen molar-refractivity contribution in [3.63, 3.8) is 0 Å². The topological polar surface area (TPSA) is 101 Å². The molecule has 1 fully saturated rings. The van der Waals surface area contributed by atoms with Gasteiger partial charge in [0.2, 0.25) is 5.76 Å².